The third-order valence-electron chi connectivity index (χ3n) is 2.63. The Morgan fingerprint density at radius 2 is 2.00 bits per heavy atom. The molecule has 0 amide bonds. The molecule has 2 heterocycles. The minimum atomic E-state index is -0.523. The first kappa shape index (κ1) is 11.7. The summed E-state index contributed by atoms with van der Waals surface area (Å²) in [6, 6.07) is 3.89. The first-order valence-electron chi connectivity index (χ1n) is 5.56. The van der Waals surface area contributed by atoms with Crippen molar-refractivity contribution in [1.82, 2.24) is 15.0 Å². The lowest BCUT2D eigenvalue weighted by Gasteiger charge is -2.08. The predicted molar refractivity (Wildman–Crippen MR) is 64.4 cm³/mol. The van der Waals surface area contributed by atoms with Crippen molar-refractivity contribution in [3.8, 4) is 0 Å². The Labute approximate surface area is 100 Å². The summed E-state index contributed by atoms with van der Waals surface area (Å²) in [5.74, 6) is 0.762. The van der Waals surface area contributed by atoms with Gasteiger partial charge in [-0.1, -0.05) is 0 Å². The third-order valence-corrected chi connectivity index (χ3v) is 2.63. The van der Waals surface area contributed by atoms with Crippen molar-refractivity contribution in [2.75, 3.05) is 0 Å². The maximum absolute atomic E-state index is 9.50. The van der Waals surface area contributed by atoms with Gasteiger partial charge in [0, 0.05) is 36.3 Å². The van der Waals surface area contributed by atoms with Crippen molar-refractivity contribution >= 4 is 0 Å². The van der Waals surface area contributed by atoms with Crippen molar-refractivity contribution in [3.05, 3.63) is 53.4 Å². The molecule has 0 aliphatic carbocycles. The smallest absolute Gasteiger partial charge is 0.132 e. The van der Waals surface area contributed by atoms with Gasteiger partial charge in [0.1, 0.15) is 5.82 Å². The highest BCUT2D eigenvalue weighted by atomic mass is 16.3. The number of aromatic nitrogens is 3. The summed E-state index contributed by atoms with van der Waals surface area (Å²) in [4.78, 5) is 12.6. The second kappa shape index (κ2) is 5.01. The minimum absolute atomic E-state index is 0.523. The number of rotatable bonds is 3. The van der Waals surface area contributed by atoms with Crippen LogP contribution in [0.1, 0.15) is 35.7 Å². The quantitative estimate of drug-likeness (QED) is 0.872. The molecule has 0 saturated heterocycles. The maximum atomic E-state index is 9.50. The normalized spacial score (nSPS) is 12.4. The van der Waals surface area contributed by atoms with E-state index in [1.165, 1.54) is 0 Å². The van der Waals surface area contributed by atoms with Gasteiger partial charge in [0.2, 0.25) is 0 Å². The zero-order valence-electron chi connectivity index (χ0n) is 9.96. The standard InChI is InChI=1S/C13H15N3O/c1-9-12(10(2)17)8-15-13(16-9)7-11-3-5-14-6-4-11/h3-6,8,10,17H,7H2,1-2H3. The van der Waals surface area contributed by atoms with E-state index in [1.807, 2.05) is 19.1 Å². The molecule has 0 radical (unpaired) electrons. The monoisotopic (exact) mass is 229 g/mol. The molecule has 1 N–H and O–H groups in total. The number of pyridine rings is 1. The Balaban J connectivity index is 2.21. The first-order valence-corrected chi connectivity index (χ1v) is 5.56. The van der Waals surface area contributed by atoms with E-state index < -0.39 is 6.10 Å². The van der Waals surface area contributed by atoms with Gasteiger partial charge in [-0.05, 0) is 31.5 Å². The number of aliphatic hydroxyl groups is 1. The summed E-state index contributed by atoms with van der Waals surface area (Å²) in [7, 11) is 0. The van der Waals surface area contributed by atoms with Crippen molar-refractivity contribution in [2.45, 2.75) is 26.4 Å². The van der Waals surface area contributed by atoms with Crippen molar-refractivity contribution < 1.29 is 5.11 Å². The Morgan fingerprint density at radius 3 is 2.59 bits per heavy atom. The average Bonchev–Trinajstić information content (AvgIpc) is 2.30. The topological polar surface area (TPSA) is 58.9 Å². The first-order chi connectivity index (χ1) is 8.16. The molecule has 0 saturated carbocycles. The van der Waals surface area contributed by atoms with E-state index in [1.54, 1.807) is 25.5 Å². The number of aliphatic hydroxyl groups excluding tert-OH is 1. The van der Waals surface area contributed by atoms with Gasteiger partial charge >= 0.3 is 0 Å². The Bertz CT molecular complexity index is 497. The molecule has 0 spiro atoms. The molecule has 0 aliphatic heterocycles. The lowest BCUT2D eigenvalue weighted by molar-refractivity contribution is 0.197. The van der Waals surface area contributed by atoms with Gasteiger partial charge in [0.25, 0.3) is 0 Å². The van der Waals surface area contributed by atoms with Gasteiger partial charge < -0.3 is 5.11 Å². The summed E-state index contributed by atoms with van der Waals surface area (Å²) in [5, 5.41) is 9.50. The van der Waals surface area contributed by atoms with Gasteiger partial charge in [0.05, 0.1) is 6.10 Å². The van der Waals surface area contributed by atoms with Crippen LogP contribution in [0.5, 0.6) is 0 Å². The summed E-state index contributed by atoms with van der Waals surface area (Å²) in [6.07, 6.45) is 5.37. The highest BCUT2D eigenvalue weighted by molar-refractivity contribution is 5.21. The molecular formula is C13H15N3O. The van der Waals surface area contributed by atoms with Crippen molar-refractivity contribution in [2.24, 2.45) is 0 Å². The van der Waals surface area contributed by atoms with Gasteiger partial charge in [-0.3, -0.25) is 4.98 Å². The van der Waals surface area contributed by atoms with Crippen LogP contribution in [0.2, 0.25) is 0 Å². The van der Waals surface area contributed by atoms with E-state index in [0.29, 0.717) is 6.42 Å². The molecule has 4 nitrogen and oxygen atoms in total. The highest BCUT2D eigenvalue weighted by Gasteiger charge is 2.08. The van der Waals surface area contributed by atoms with E-state index >= 15 is 0 Å². The van der Waals surface area contributed by atoms with Gasteiger partial charge in [-0.15, -0.1) is 0 Å². The molecule has 0 aromatic carbocycles. The fourth-order valence-corrected chi connectivity index (χ4v) is 1.70. The van der Waals surface area contributed by atoms with Gasteiger partial charge in [-0.25, -0.2) is 9.97 Å². The number of aryl methyl sites for hydroxylation is 1. The van der Waals surface area contributed by atoms with E-state index in [2.05, 4.69) is 15.0 Å². The highest BCUT2D eigenvalue weighted by Crippen LogP contribution is 2.14. The Kier molecular flexibility index (Phi) is 3.44. The molecule has 1 atom stereocenters. The summed E-state index contributed by atoms with van der Waals surface area (Å²) < 4.78 is 0. The van der Waals surface area contributed by atoms with Crippen LogP contribution in [0.25, 0.3) is 0 Å². The summed E-state index contributed by atoms with van der Waals surface area (Å²) in [6.45, 7) is 3.61. The predicted octanol–water partition coefficient (Wildman–Crippen LogP) is 1.82. The molecule has 0 bridgehead atoms. The van der Waals surface area contributed by atoms with Crippen molar-refractivity contribution in [1.29, 1.82) is 0 Å². The van der Waals surface area contributed by atoms with Gasteiger partial charge in [-0.2, -0.15) is 0 Å². The van der Waals surface area contributed by atoms with Crippen LogP contribution in [0.15, 0.2) is 30.7 Å². The van der Waals surface area contributed by atoms with Crippen LogP contribution >= 0.6 is 0 Å². The lowest BCUT2D eigenvalue weighted by Crippen LogP contribution is -2.04. The van der Waals surface area contributed by atoms with E-state index in [4.69, 9.17) is 0 Å². The van der Waals surface area contributed by atoms with E-state index in [-0.39, 0.29) is 0 Å². The molecule has 4 heteroatoms. The zero-order chi connectivity index (χ0) is 12.3. The lowest BCUT2D eigenvalue weighted by atomic mass is 10.1. The molecule has 0 fully saturated rings. The largest absolute Gasteiger partial charge is 0.389 e. The van der Waals surface area contributed by atoms with Crippen LogP contribution in [0.3, 0.4) is 0 Å². The number of hydrogen-bond acceptors (Lipinski definition) is 4. The molecular weight excluding hydrogens is 214 g/mol. The number of nitrogens with zero attached hydrogens (tertiary/aromatic N) is 3. The third kappa shape index (κ3) is 2.85. The van der Waals surface area contributed by atoms with E-state index in [9.17, 15) is 5.11 Å². The molecule has 2 rings (SSSR count). The van der Waals surface area contributed by atoms with E-state index in [0.717, 1.165) is 22.6 Å². The fourth-order valence-electron chi connectivity index (χ4n) is 1.70. The molecule has 2 aromatic heterocycles. The second-order valence-electron chi connectivity index (χ2n) is 4.04. The van der Waals surface area contributed by atoms with Crippen LogP contribution in [0.4, 0.5) is 0 Å². The molecule has 17 heavy (non-hydrogen) atoms. The van der Waals surface area contributed by atoms with Gasteiger partial charge in [0.15, 0.2) is 0 Å². The van der Waals surface area contributed by atoms with Crippen molar-refractivity contribution in [3.63, 3.8) is 0 Å². The minimum Gasteiger partial charge on any atom is -0.389 e. The molecule has 1 unspecified atom stereocenters. The zero-order valence-corrected chi connectivity index (χ0v) is 9.96. The van der Waals surface area contributed by atoms with Crippen LogP contribution in [-0.4, -0.2) is 20.1 Å². The summed E-state index contributed by atoms with van der Waals surface area (Å²) in [5.41, 5.74) is 2.74. The second-order valence-corrected chi connectivity index (χ2v) is 4.04. The average molecular weight is 229 g/mol. The maximum Gasteiger partial charge on any atom is 0.132 e. The summed E-state index contributed by atoms with van der Waals surface area (Å²) >= 11 is 0. The fraction of sp³-hybridized carbons (Fsp3) is 0.308. The van der Waals surface area contributed by atoms with Crippen LogP contribution < -0.4 is 0 Å². The molecule has 2 aromatic rings. The van der Waals surface area contributed by atoms with Crippen LogP contribution in [-0.2, 0) is 6.42 Å². The SMILES string of the molecule is Cc1nc(Cc2ccncc2)ncc1C(C)O. The molecule has 0 aliphatic rings. The Hall–Kier alpha value is -1.81. The van der Waals surface area contributed by atoms with Crippen LogP contribution in [0, 0.1) is 6.92 Å². The number of hydrogen-bond donors (Lipinski definition) is 1. The molecule has 88 valence electrons. The Morgan fingerprint density at radius 1 is 1.29 bits per heavy atom.